The lowest BCUT2D eigenvalue weighted by molar-refractivity contribution is -0.131. The lowest BCUT2D eigenvalue weighted by Gasteiger charge is -2.09. The summed E-state index contributed by atoms with van der Waals surface area (Å²) in [6.07, 6.45) is 4.50. The van der Waals surface area contributed by atoms with Gasteiger partial charge in [0.05, 0.1) is 15.6 Å². The van der Waals surface area contributed by atoms with Crippen LogP contribution in [-0.4, -0.2) is 15.6 Å². The minimum absolute atomic E-state index is 0.403. The molecule has 1 aromatic heterocycles. The molecule has 3 rings (SSSR count). The van der Waals surface area contributed by atoms with Gasteiger partial charge in [-0.25, -0.2) is 4.79 Å². The van der Waals surface area contributed by atoms with Crippen molar-refractivity contribution in [2.75, 3.05) is 0 Å². The molecule has 0 bridgehead atoms. The van der Waals surface area contributed by atoms with E-state index in [4.69, 9.17) is 33.0 Å². The summed E-state index contributed by atoms with van der Waals surface area (Å²) < 4.78 is 7.87. The van der Waals surface area contributed by atoms with Gasteiger partial charge in [-0.2, -0.15) is 0 Å². The Bertz CT molecular complexity index is 960. The number of hydrogen-bond donors (Lipinski definition) is 1. The Morgan fingerprint density at radius 3 is 2.71 bits per heavy atom. The van der Waals surface area contributed by atoms with Crippen LogP contribution in [0.4, 0.5) is 0 Å². The van der Waals surface area contributed by atoms with Crippen LogP contribution in [0.2, 0.25) is 10.0 Å². The van der Waals surface area contributed by atoms with Gasteiger partial charge in [-0.05, 0) is 30.3 Å². The molecule has 0 saturated heterocycles. The number of aromatic nitrogens is 1. The third kappa shape index (κ3) is 3.25. The summed E-state index contributed by atoms with van der Waals surface area (Å²) in [7, 11) is 1.89. The van der Waals surface area contributed by atoms with Crippen LogP contribution < -0.4 is 4.74 Å². The molecule has 4 nitrogen and oxygen atoms in total. The highest BCUT2D eigenvalue weighted by Crippen LogP contribution is 2.35. The maximum absolute atomic E-state index is 10.8. The second-order valence-electron chi connectivity index (χ2n) is 5.20. The maximum atomic E-state index is 10.8. The van der Waals surface area contributed by atoms with Crippen molar-refractivity contribution >= 4 is 46.2 Å². The van der Waals surface area contributed by atoms with Gasteiger partial charge < -0.3 is 14.4 Å². The molecule has 0 spiro atoms. The summed E-state index contributed by atoms with van der Waals surface area (Å²) in [5, 5.41) is 10.5. The number of fused-ring (bicyclic) bond motifs is 1. The van der Waals surface area contributed by atoms with Crippen molar-refractivity contribution in [3.05, 3.63) is 64.3 Å². The first-order valence-electron chi connectivity index (χ1n) is 7.07. The number of benzene rings is 2. The Hall–Kier alpha value is -2.43. The van der Waals surface area contributed by atoms with Gasteiger partial charge >= 0.3 is 5.97 Å². The Morgan fingerprint density at radius 2 is 2.00 bits per heavy atom. The lowest BCUT2D eigenvalue weighted by Crippen LogP contribution is -1.88. The molecule has 0 unspecified atom stereocenters. The molecular formula is C18H13Cl2NO3. The van der Waals surface area contributed by atoms with E-state index in [1.165, 1.54) is 0 Å². The number of carboxylic acids is 1. The molecule has 24 heavy (non-hydrogen) atoms. The van der Waals surface area contributed by atoms with Crippen molar-refractivity contribution in [2.24, 2.45) is 7.05 Å². The number of nitrogens with zero attached hydrogens (tertiary/aromatic N) is 1. The Morgan fingerprint density at radius 1 is 1.21 bits per heavy atom. The van der Waals surface area contributed by atoms with Crippen LogP contribution in [0.25, 0.3) is 17.0 Å². The van der Waals surface area contributed by atoms with Crippen LogP contribution in [0.15, 0.2) is 48.7 Å². The van der Waals surface area contributed by atoms with E-state index < -0.39 is 5.97 Å². The van der Waals surface area contributed by atoms with E-state index in [-0.39, 0.29) is 0 Å². The summed E-state index contributed by atoms with van der Waals surface area (Å²) in [5.41, 5.74) is 1.68. The van der Waals surface area contributed by atoms with Gasteiger partial charge in [0.1, 0.15) is 11.5 Å². The highest BCUT2D eigenvalue weighted by molar-refractivity contribution is 6.42. The lowest BCUT2D eigenvalue weighted by atomic mass is 10.1. The Labute approximate surface area is 148 Å². The molecule has 2 aromatic carbocycles. The van der Waals surface area contributed by atoms with Crippen LogP contribution in [0.1, 0.15) is 5.56 Å². The van der Waals surface area contributed by atoms with Gasteiger partial charge in [0.15, 0.2) is 0 Å². The first-order valence-corrected chi connectivity index (χ1v) is 7.83. The predicted molar refractivity (Wildman–Crippen MR) is 96.1 cm³/mol. The fraction of sp³-hybridized carbons (Fsp3) is 0.0556. The van der Waals surface area contributed by atoms with Crippen LogP contribution >= 0.6 is 23.2 Å². The fourth-order valence-corrected chi connectivity index (χ4v) is 2.77. The van der Waals surface area contributed by atoms with Crippen LogP contribution in [0, 0.1) is 0 Å². The van der Waals surface area contributed by atoms with Gasteiger partial charge in [0.2, 0.25) is 0 Å². The second-order valence-corrected chi connectivity index (χ2v) is 6.01. The smallest absolute Gasteiger partial charge is 0.328 e. The number of carbonyl (C=O) groups is 1. The molecule has 6 heteroatoms. The molecule has 0 aliphatic carbocycles. The molecule has 1 heterocycles. The quantitative estimate of drug-likeness (QED) is 0.635. The third-order valence-electron chi connectivity index (χ3n) is 3.53. The van der Waals surface area contributed by atoms with Crippen LogP contribution in [-0.2, 0) is 11.8 Å². The zero-order valence-electron chi connectivity index (χ0n) is 12.7. The number of rotatable bonds is 4. The first kappa shape index (κ1) is 16.4. The number of hydrogen-bond acceptors (Lipinski definition) is 2. The molecule has 0 aliphatic heterocycles. The van der Waals surface area contributed by atoms with Crippen LogP contribution in [0.5, 0.6) is 11.5 Å². The number of halogens is 2. The Kier molecular flexibility index (Phi) is 4.51. The predicted octanol–water partition coefficient (Wildman–Crippen LogP) is 5.38. The number of aliphatic carboxylic acids is 1. The third-order valence-corrected chi connectivity index (χ3v) is 4.27. The highest BCUT2D eigenvalue weighted by atomic mass is 35.5. The van der Waals surface area contributed by atoms with Crippen molar-refractivity contribution in [1.29, 1.82) is 0 Å². The summed E-state index contributed by atoms with van der Waals surface area (Å²) in [6.45, 7) is 0. The summed E-state index contributed by atoms with van der Waals surface area (Å²) in [4.78, 5) is 10.8. The van der Waals surface area contributed by atoms with E-state index in [0.29, 0.717) is 21.5 Å². The minimum Gasteiger partial charge on any atom is -0.478 e. The van der Waals surface area contributed by atoms with E-state index in [1.807, 2.05) is 36.0 Å². The largest absolute Gasteiger partial charge is 0.478 e. The van der Waals surface area contributed by atoms with Crippen molar-refractivity contribution in [3.8, 4) is 11.5 Å². The molecule has 3 aromatic rings. The van der Waals surface area contributed by atoms with Gasteiger partial charge in [-0.3, -0.25) is 0 Å². The number of aryl methyl sites for hydroxylation is 1. The van der Waals surface area contributed by atoms with E-state index in [0.717, 1.165) is 22.5 Å². The van der Waals surface area contributed by atoms with E-state index in [2.05, 4.69) is 0 Å². The maximum Gasteiger partial charge on any atom is 0.328 e. The summed E-state index contributed by atoms with van der Waals surface area (Å²) in [5.74, 6) is 0.153. The van der Waals surface area contributed by atoms with Crippen molar-refractivity contribution in [3.63, 3.8) is 0 Å². The average Bonchev–Trinajstić information content (AvgIpc) is 2.86. The number of carboxylic acid groups (broad SMARTS) is 1. The second kappa shape index (κ2) is 6.59. The molecule has 122 valence electrons. The molecule has 0 atom stereocenters. The standard InChI is InChI=1S/C18H13Cl2NO3/c1-21-10-11(5-8-17(22)23)18-15(21)3-2-4-16(18)24-12-6-7-13(19)14(20)9-12/h2-10H,1H3,(H,22,23)/b8-5+. The van der Waals surface area contributed by atoms with Gasteiger partial charge in [-0.15, -0.1) is 0 Å². The zero-order valence-corrected chi connectivity index (χ0v) is 14.2. The Balaban J connectivity index is 2.10. The molecule has 0 aliphatic rings. The average molecular weight is 362 g/mol. The van der Waals surface area contributed by atoms with Crippen LogP contribution in [0.3, 0.4) is 0 Å². The van der Waals surface area contributed by atoms with Gasteiger partial charge in [0, 0.05) is 36.3 Å². The molecule has 0 saturated carbocycles. The summed E-state index contributed by atoms with van der Waals surface area (Å²) in [6, 6.07) is 10.7. The topological polar surface area (TPSA) is 51.5 Å². The van der Waals surface area contributed by atoms with Crippen molar-refractivity contribution in [2.45, 2.75) is 0 Å². The first-order chi connectivity index (χ1) is 11.5. The molecule has 1 N–H and O–H groups in total. The van der Waals surface area contributed by atoms with Gasteiger partial charge in [0.25, 0.3) is 0 Å². The molecule has 0 radical (unpaired) electrons. The minimum atomic E-state index is -1.00. The SMILES string of the molecule is Cn1cc(/C=C/C(=O)O)c2c(Oc3ccc(Cl)c(Cl)c3)cccc21. The monoisotopic (exact) mass is 361 g/mol. The van der Waals surface area contributed by atoms with E-state index in [9.17, 15) is 4.79 Å². The fourth-order valence-electron chi connectivity index (χ4n) is 2.49. The zero-order chi connectivity index (χ0) is 17.3. The molecule has 0 amide bonds. The number of ether oxygens (including phenoxy) is 1. The highest BCUT2D eigenvalue weighted by Gasteiger charge is 2.12. The molecular weight excluding hydrogens is 349 g/mol. The molecule has 0 fully saturated rings. The van der Waals surface area contributed by atoms with Crippen molar-refractivity contribution < 1.29 is 14.6 Å². The van der Waals surface area contributed by atoms with Gasteiger partial charge in [-0.1, -0.05) is 29.3 Å². The summed E-state index contributed by atoms with van der Waals surface area (Å²) >= 11 is 11.9. The van der Waals surface area contributed by atoms with E-state index in [1.54, 1.807) is 24.3 Å². The normalized spacial score (nSPS) is 11.3. The van der Waals surface area contributed by atoms with E-state index >= 15 is 0 Å². The van der Waals surface area contributed by atoms with Crippen molar-refractivity contribution in [1.82, 2.24) is 4.57 Å².